The van der Waals surface area contributed by atoms with Gasteiger partial charge in [-0.15, -0.1) is 0 Å². The van der Waals surface area contributed by atoms with Gasteiger partial charge in [-0.05, 0) is 67.1 Å². The van der Waals surface area contributed by atoms with Crippen LogP contribution in [0.2, 0.25) is 0 Å². The number of sulfonamides is 1. The van der Waals surface area contributed by atoms with Crippen LogP contribution in [0, 0.1) is 25.1 Å². The average molecular weight is 415 g/mol. The van der Waals surface area contributed by atoms with E-state index in [2.05, 4.69) is 23.6 Å². The summed E-state index contributed by atoms with van der Waals surface area (Å²) in [5.74, 6) is -0.342. The van der Waals surface area contributed by atoms with Crippen LogP contribution < -0.4 is 4.72 Å². The highest BCUT2D eigenvalue weighted by Gasteiger charge is 2.34. The molecule has 1 aliphatic rings. The lowest BCUT2D eigenvalue weighted by atomic mass is 9.76. The third-order valence-corrected chi connectivity index (χ3v) is 6.97. The summed E-state index contributed by atoms with van der Waals surface area (Å²) in [6.45, 7) is 7.45. The van der Waals surface area contributed by atoms with Gasteiger partial charge in [0, 0.05) is 28.6 Å². The molecule has 152 valence electrons. The van der Waals surface area contributed by atoms with Crippen molar-refractivity contribution in [2.45, 2.75) is 45.4 Å². The number of anilines is 1. The van der Waals surface area contributed by atoms with E-state index >= 15 is 0 Å². The fourth-order valence-corrected chi connectivity index (χ4v) is 5.52. The summed E-state index contributed by atoms with van der Waals surface area (Å²) < 4.78 is 41.9. The zero-order chi connectivity index (χ0) is 21.1. The molecule has 29 heavy (non-hydrogen) atoms. The molecule has 0 fully saturated rings. The van der Waals surface area contributed by atoms with Crippen molar-refractivity contribution in [1.29, 1.82) is 0 Å². The molecular weight excluding hydrogens is 391 g/mol. The number of carbonyl (C=O) groups excluding carboxylic acids is 1. The standard InChI is InChI=1S/C22H23FN2O3S/c1-12-7-14(23)5-6-16(12)25-29(27,28)20-9-17-15(8-13(20)2)21-18(24-17)10-22(3,4)11-19(21)26/h5-9,24-25H,10-11H2,1-4H3. The molecule has 0 amide bonds. The van der Waals surface area contributed by atoms with Crippen LogP contribution in [0.3, 0.4) is 0 Å². The van der Waals surface area contributed by atoms with Crippen LogP contribution in [0.4, 0.5) is 10.1 Å². The van der Waals surface area contributed by atoms with Crippen molar-refractivity contribution >= 4 is 32.4 Å². The predicted octanol–water partition coefficient (Wildman–Crippen LogP) is 4.88. The second kappa shape index (κ2) is 6.42. The average Bonchev–Trinajstić information content (AvgIpc) is 2.92. The maximum atomic E-state index is 13.3. The van der Waals surface area contributed by atoms with Crippen LogP contribution in [-0.4, -0.2) is 19.2 Å². The molecule has 0 unspecified atom stereocenters. The molecule has 0 radical (unpaired) electrons. The first-order valence-electron chi connectivity index (χ1n) is 9.44. The zero-order valence-electron chi connectivity index (χ0n) is 16.8. The second-order valence-corrected chi connectivity index (χ2v) is 10.3. The van der Waals surface area contributed by atoms with Crippen molar-refractivity contribution in [3.05, 3.63) is 58.5 Å². The van der Waals surface area contributed by atoms with E-state index in [1.54, 1.807) is 26.0 Å². The largest absolute Gasteiger partial charge is 0.358 e. The van der Waals surface area contributed by atoms with Crippen molar-refractivity contribution in [1.82, 2.24) is 4.98 Å². The van der Waals surface area contributed by atoms with Crippen LogP contribution in [0.15, 0.2) is 35.2 Å². The molecule has 0 spiro atoms. The molecule has 5 nitrogen and oxygen atoms in total. The number of fused-ring (bicyclic) bond motifs is 3. The number of ketones is 1. The normalized spacial score (nSPS) is 16.1. The van der Waals surface area contributed by atoms with Crippen LogP contribution in [0.25, 0.3) is 10.9 Å². The van der Waals surface area contributed by atoms with E-state index < -0.39 is 15.8 Å². The van der Waals surface area contributed by atoms with E-state index in [0.29, 0.717) is 34.3 Å². The van der Waals surface area contributed by atoms with Crippen molar-refractivity contribution in [3.63, 3.8) is 0 Å². The number of aromatic nitrogens is 1. The predicted molar refractivity (Wildman–Crippen MR) is 111 cm³/mol. The second-order valence-electron chi connectivity index (χ2n) is 8.65. The minimum Gasteiger partial charge on any atom is -0.358 e. The summed E-state index contributed by atoms with van der Waals surface area (Å²) in [7, 11) is -3.89. The summed E-state index contributed by atoms with van der Waals surface area (Å²) in [5, 5.41) is 0.759. The molecule has 2 aromatic carbocycles. The van der Waals surface area contributed by atoms with Gasteiger partial charge in [0.1, 0.15) is 5.82 Å². The lowest BCUT2D eigenvalue weighted by Gasteiger charge is -2.28. The first kappa shape index (κ1) is 19.6. The first-order valence-corrected chi connectivity index (χ1v) is 10.9. The highest BCUT2D eigenvalue weighted by atomic mass is 32.2. The number of nitrogens with one attached hydrogen (secondary N) is 2. The maximum Gasteiger partial charge on any atom is 0.262 e. The molecule has 0 saturated heterocycles. The Balaban J connectivity index is 1.80. The molecule has 1 aliphatic carbocycles. The molecule has 1 heterocycles. The van der Waals surface area contributed by atoms with E-state index in [4.69, 9.17) is 0 Å². The summed E-state index contributed by atoms with van der Waals surface area (Å²) in [4.78, 5) is 16.1. The topological polar surface area (TPSA) is 79.0 Å². The lowest BCUT2D eigenvalue weighted by molar-refractivity contribution is 0.0913. The Hall–Kier alpha value is -2.67. The van der Waals surface area contributed by atoms with Crippen LogP contribution >= 0.6 is 0 Å². The SMILES string of the molecule is Cc1cc(F)ccc1NS(=O)(=O)c1cc2[nH]c3c(c2cc1C)C(=O)CC(C)(C)C3. The highest BCUT2D eigenvalue weighted by Crippen LogP contribution is 2.39. The number of hydrogen-bond acceptors (Lipinski definition) is 3. The van der Waals surface area contributed by atoms with Crippen LogP contribution in [-0.2, 0) is 16.4 Å². The fourth-order valence-electron chi connectivity index (χ4n) is 4.13. The number of benzene rings is 2. The van der Waals surface area contributed by atoms with Gasteiger partial charge in [0.2, 0.25) is 0 Å². The Labute approximate surface area is 169 Å². The van der Waals surface area contributed by atoms with E-state index in [0.717, 1.165) is 17.5 Å². The summed E-state index contributed by atoms with van der Waals surface area (Å²) >= 11 is 0. The molecule has 0 atom stereocenters. The Morgan fingerprint density at radius 3 is 2.48 bits per heavy atom. The number of aromatic amines is 1. The summed E-state index contributed by atoms with van der Waals surface area (Å²) in [6.07, 6.45) is 1.20. The number of carbonyl (C=O) groups is 1. The Bertz CT molecular complexity index is 1270. The number of H-pyrrole nitrogens is 1. The van der Waals surface area contributed by atoms with E-state index in [1.165, 1.54) is 18.2 Å². The van der Waals surface area contributed by atoms with E-state index in [9.17, 15) is 17.6 Å². The Kier molecular flexibility index (Phi) is 4.35. The van der Waals surface area contributed by atoms with E-state index in [1.807, 2.05) is 0 Å². The van der Waals surface area contributed by atoms with Gasteiger partial charge in [0.25, 0.3) is 10.0 Å². The smallest absolute Gasteiger partial charge is 0.262 e. The van der Waals surface area contributed by atoms with Crippen molar-refractivity contribution in [2.75, 3.05) is 4.72 Å². The van der Waals surface area contributed by atoms with Crippen LogP contribution in [0.5, 0.6) is 0 Å². The molecule has 0 saturated carbocycles. The van der Waals surface area contributed by atoms with Gasteiger partial charge in [0.15, 0.2) is 5.78 Å². The highest BCUT2D eigenvalue weighted by molar-refractivity contribution is 7.92. The third kappa shape index (κ3) is 3.44. The van der Waals surface area contributed by atoms with Gasteiger partial charge in [-0.2, -0.15) is 0 Å². The van der Waals surface area contributed by atoms with Crippen molar-refractivity contribution < 1.29 is 17.6 Å². The minimum atomic E-state index is -3.89. The Morgan fingerprint density at radius 2 is 1.79 bits per heavy atom. The molecule has 4 rings (SSSR count). The quantitative estimate of drug-likeness (QED) is 0.641. The lowest BCUT2D eigenvalue weighted by Crippen LogP contribution is -2.26. The molecule has 1 aromatic heterocycles. The van der Waals surface area contributed by atoms with Crippen LogP contribution in [0.1, 0.15) is 47.4 Å². The number of Topliss-reactive ketones (excluding diaryl/α,β-unsaturated/α-hetero) is 1. The van der Waals surface area contributed by atoms with E-state index in [-0.39, 0.29) is 16.1 Å². The molecule has 3 aromatic rings. The number of halogens is 1. The first-order chi connectivity index (χ1) is 13.5. The van der Waals surface area contributed by atoms with Crippen molar-refractivity contribution in [2.24, 2.45) is 5.41 Å². The van der Waals surface area contributed by atoms with Gasteiger partial charge >= 0.3 is 0 Å². The summed E-state index contributed by atoms with van der Waals surface area (Å²) in [5.41, 5.74) is 3.40. The Morgan fingerprint density at radius 1 is 1.07 bits per heavy atom. The molecule has 0 aliphatic heterocycles. The number of rotatable bonds is 3. The third-order valence-electron chi connectivity index (χ3n) is 5.47. The fraction of sp³-hybridized carbons (Fsp3) is 0.318. The molecular formula is C22H23FN2O3S. The van der Waals surface area contributed by atoms with Gasteiger partial charge in [0.05, 0.1) is 10.6 Å². The monoisotopic (exact) mass is 414 g/mol. The molecule has 2 N–H and O–H groups in total. The molecule has 7 heteroatoms. The van der Waals surface area contributed by atoms with Crippen molar-refractivity contribution in [3.8, 4) is 0 Å². The minimum absolute atomic E-state index is 0.0811. The van der Waals surface area contributed by atoms with Gasteiger partial charge in [-0.25, -0.2) is 12.8 Å². The van der Waals surface area contributed by atoms with Gasteiger partial charge < -0.3 is 4.98 Å². The van der Waals surface area contributed by atoms with Gasteiger partial charge in [-0.3, -0.25) is 9.52 Å². The zero-order valence-corrected chi connectivity index (χ0v) is 17.6. The maximum absolute atomic E-state index is 13.3. The molecule has 0 bridgehead atoms. The van der Waals surface area contributed by atoms with Gasteiger partial charge in [-0.1, -0.05) is 13.8 Å². The number of hydrogen-bond donors (Lipinski definition) is 2. The number of aryl methyl sites for hydroxylation is 2. The summed E-state index contributed by atoms with van der Waals surface area (Å²) in [6, 6.07) is 7.23.